The number of aliphatic hydroxyl groups excluding tert-OH is 1. The fourth-order valence-corrected chi connectivity index (χ4v) is 3.34. The quantitative estimate of drug-likeness (QED) is 0.784. The van der Waals surface area contributed by atoms with Crippen LogP contribution in [0.5, 0.6) is 0 Å². The van der Waals surface area contributed by atoms with Gasteiger partial charge in [0.05, 0.1) is 6.10 Å². The first kappa shape index (κ1) is 13.3. The number of piperidine rings is 1. The van der Waals surface area contributed by atoms with Crippen molar-refractivity contribution in [2.24, 2.45) is 17.6 Å². The van der Waals surface area contributed by atoms with Crippen molar-refractivity contribution in [1.82, 2.24) is 4.90 Å². The van der Waals surface area contributed by atoms with Gasteiger partial charge in [0, 0.05) is 19.1 Å². The molecule has 1 saturated carbocycles. The van der Waals surface area contributed by atoms with Gasteiger partial charge in [-0.15, -0.1) is 0 Å². The first-order valence-electron chi connectivity index (χ1n) is 7.31. The molecule has 3 N–H and O–H groups in total. The summed E-state index contributed by atoms with van der Waals surface area (Å²) in [4.78, 5) is 2.35. The van der Waals surface area contributed by atoms with Crippen LogP contribution in [-0.4, -0.2) is 41.8 Å². The van der Waals surface area contributed by atoms with Crippen molar-refractivity contribution in [2.75, 3.05) is 19.6 Å². The van der Waals surface area contributed by atoms with E-state index in [0.717, 1.165) is 32.0 Å². The van der Waals surface area contributed by atoms with Crippen LogP contribution in [0, 0.1) is 11.8 Å². The highest BCUT2D eigenvalue weighted by atomic mass is 16.3. The van der Waals surface area contributed by atoms with Crippen LogP contribution >= 0.6 is 0 Å². The first-order chi connectivity index (χ1) is 8.15. The molecule has 0 aromatic carbocycles. The third-order valence-electron chi connectivity index (χ3n) is 4.65. The molecule has 3 unspecified atom stereocenters. The molecule has 0 aromatic rings. The maximum absolute atomic E-state index is 10.1. The Morgan fingerprint density at radius 2 is 2.00 bits per heavy atom. The highest BCUT2D eigenvalue weighted by molar-refractivity contribution is 4.82. The molecule has 0 amide bonds. The van der Waals surface area contributed by atoms with E-state index in [0.29, 0.717) is 12.0 Å². The zero-order valence-corrected chi connectivity index (χ0v) is 11.1. The van der Waals surface area contributed by atoms with Crippen LogP contribution < -0.4 is 5.73 Å². The fraction of sp³-hybridized carbons (Fsp3) is 1.00. The number of hydrogen-bond donors (Lipinski definition) is 2. The number of nitrogens with two attached hydrogens (primary N) is 1. The number of β-amino-alcohol motifs (C(OH)–C–C–N with tert-alkyl or cyclic N) is 1. The molecule has 100 valence electrons. The summed E-state index contributed by atoms with van der Waals surface area (Å²) in [6, 6.07) is 0.294. The van der Waals surface area contributed by atoms with E-state index < -0.39 is 0 Å². The summed E-state index contributed by atoms with van der Waals surface area (Å²) in [5, 5.41) is 10.1. The van der Waals surface area contributed by atoms with Crippen LogP contribution in [0.3, 0.4) is 0 Å². The SMILES string of the molecule is CC1CCN(CC(O)CC2CCCC2)CC1N. The minimum Gasteiger partial charge on any atom is -0.392 e. The number of likely N-dealkylation sites (tertiary alicyclic amines) is 1. The minimum atomic E-state index is -0.140. The van der Waals surface area contributed by atoms with Gasteiger partial charge in [0.15, 0.2) is 0 Å². The van der Waals surface area contributed by atoms with Crippen LogP contribution in [0.4, 0.5) is 0 Å². The third-order valence-corrected chi connectivity index (χ3v) is 4.65. The summed E-state index contributed by atoms with van der Waals surface area (Å²) >= 11 is 0. The van der Waals surface area contributed by atoms with E-state index in [-0.39, 0.29) is 6.10 Å². The van der Waals surface area contributed by atoms with Crippen LogP contribution in [0.1, 0.15) is 45.4 Å². The molecule has 1 heterocycles. The molecule has 2 aliphatic rings. The lowest BCUT2D eigenvalue weighted by Crippen LogP contribution is -2.49. The molecule has 3 nitrogen and oxygen atoms in total. The lowest BCUT2D eigenvalue weighted by Gasteiger charge is -2.36. The van der Waals surface area contributed by atoms with Crippen molar-refractivity contribution in [3.63, 3.8) is 0 Å². The number of aliphatic hydroxyl groups is 1. The molecule has 17 heavy (non-hydrogen) atoms. The van der Waals surface area contributed by atoms with Gasteiger partial charge in [-0.1, -0.05) is 32.6 Å². The monoisotopic (exact) mass is 240 g/mol. The Balaban J connectivity index is 1.69. The van der Waals surface area contributed by atoms with E-state index in [1.165, 1.54) is 32.1 Å². The van der Waals surface area contributed by atoms with E-state index in [9.17, 15) is 5.11 Å². The molecule has 0 radical (unpaired) electrons. The lowest BCUT2D eigenvalue weighted by molar-refractivity contribution is 0.0687. The second-order valence-electron chi connectivity index (χ2n) is 6.23. The van der Waals surface area contributed by atoms with Crippen molar-refractivity contribution in [3.05, 3.63) is 0 Å². The number of nitrogens with zero attached hydrogens (tertiary/aromatic N) is 1. The molecule has 2 rings (SSSR count). The van der Waals surface area contributed by atoms with E-state index in [4.69, 9.17) is 5.73 Å². The van der Waals surface area contributed by atoms with Crippen molar-refractivity contribution in [1.29, 1.82) is 0 Å². The second kappa shape index (κ2) is 6.17. The van der Waals surface area contributed by atoms with Crippen LogP contribution in [-0.2, 0) is 0 Å². The average Bonchev–Trinajstić information content (AvgIpc) is 2.76. The fourth-order valence-electron chi connectivity index (χ4n) is 3.34. The molecular weight excluding hydrogens is 212 g/mol. The highest BCUT2D eigenvalue weighted by Gasteiger charge is 2.25. The third kappa shape index (κ3) is 3.94. The largest absolute Gasteiger partial charge is 0.392 e. The predicted octanol–water partition coefficient (Wildman–Crippen LogP) is 1.60. The van der Waals surface area contributed by atoms with E-state index >= 15 is 0 Å². The van der Waals surface area contributed by atoms with Crippen molar-refractivity contribution < 1.29 is 5.11 Å². The van der Waals surface area contributed by atoms with Crippen molar-refractivity contribution in [3.8, 4) is 0 Å². The Morgan fingerprint density at radius 1 is 1.29 bits per heavy atom. The molecular formula is C14H28N2O. The highest BCUT2D eigenvalue weighted by Crippen LogP contribution is 2.29. The summed E-state index contributed by atoms with van der Waals surface area (Å²) in [5.74, 6) is 1.42. The summed E-state index contributed by atoms with van der Waals surface area (Å²) in [7, 11) is 0. The zero-order chi connectivity index (χ0) is 12.3. The molecule has 1 aliphatic heterocycles. The molecule has 1 aliphatic carbocycles. The summed E-state index contributed by atoms with van der Waals surface area (Å²) in [6.07, 6.45) is 7.42. The van der Waals surface area contributed by atoms with Gasteiger partial charge in [-0.05, 0) is 31.2 Å². The van der Waals surface area contributed by atoms with Gasteiger partial charge in [0.25, 0.3) is 0 Å². The summed E-state index contributed by atoms with van der Waals surface area (Å²) in [5.41, 5.74) is 6.08. The predicted molar refractivity (Wildman–Crippen MR) is 70.8 cm³/mol. The normalized spacial score (nSPS) is 34.1. The maximum atomic E-state index is 10.1. The minimum absolute atomic E-state index is 0.140. The van der Waals surface area contributed by atoms with Gasteiger partial charge in [-0.25, -0.2) is 0 Å². The van der Waals surface area contributed by atoms with Gasteiger partial charge < -0.3 is 10.8 Å². The lowest BCUT2D eigenvalue weighted by atomic mass is 9.93. The van der Waals surface area contributed by atoms with Crippen molar-refractivity contribution >= 4 is 0 Å². The molecule has 2 fully saturated rings. The Morgan fingerprint density at radius 3 is 2.65 bits per heavy atom. The summed E-state index contributed by atoms with van der Waals surface area (Å²) in [6.45, 7) is 5.13. The zero-order valence-electron chi connectivity index (χ0n) is 11.1. The average molecular weight is 240 g/mol. The molecule has 0 spiro atoms. The second-order valence-corrected chi connectivity index (χ2v) is 6.23. The van der Waals surface area contributed by atoms with Crippen LogP contribution in [0.25, 0.3) is 0 Å². The smallest absolute Gasteiger partial charge is 0.0669 e. The van der Waals surface area contributed by atoms with Gasteiger partial charge in [0.1, 0.15) is 0 Å². The van der Waals surface area contributed by atoms with Crippen LogP contribution in [0.15, 0.2) is 0 Å². The van der Waals surface area contributed by atoms with Gasteiger partial charge in [-0.2, -0.15) is 0 Å². The van der Waals surface area contributed by atoms with Crippen LogP contribution in [0.2, 0.25) is 0 Å². The Kier molecular flexibility index (Phi) is 4.83. The van der Waals surface area contributed by atoms with Crippen molar-refractivity contribution in [2.45, 2.75) is 57.6 Å². The standard InChI is InChI=1S/C14H28N2O/c1-11-6-7-16(10-14(11)15)9-13(17)8-12-4-2-3-5-12/h11-14,17H,2-10,15H2,1H3. The van der Waals surface area contributed by atoms with E-state index in [1.807, 2.05) is 0 Å². The molecule has 0 aromatic heterocycles. The molecule has 3 heteroatoms. The Hall–Kier alpha value is -0.120. The topological polar surface area (TPSA) is 49.5 Å². The first-order valence-corrected chi connectivity index (χ1v) is 7.31. The van der Waals surface area contributed by atoms with E-state index in [1.54, 1.807) is 0 Å². The molecule has 3 atom stereocenters. The molecule has 0 bridgehead atoms. The number of rotatable bonds is 4. The summed E-state index contributed by atoms with van der Waals surface area (Å²) < 4.78 is 0. The maximum Gasteiger partial charge on any atom is 0.0669 e. The number of hydrogen-bond acceptors (Lipinski definition) is 3. The van der Waals surface area contributed by atoms with Gasteiger partial charge in [-0.3, -0.25) is 4.90 Å². The van der Waals surface area contributed by atoms with E-state index in [2.05, 4.69) is 11.8 Å². The molecule has 1 saturated heterocycles. The van der Waals surface area contributed by atoms with Gasteiger partial charge in [0.2, 0.25) is 0 Å². The Labute approximate surface area is 105 Å². The van der Waals surface area contributed by atoms with Gasteiger partial charge >= 0.3 is 0 Å². The Bertz CT molecular complexity index is 228.